The van der Waals surface area contributed by atoms with E-state index in [0.717, 1.165) is 0 Å². The fraction of sp³-hybridized carbons (Fsp3) is 0.273. The first kappa shape index (κ1) is 19.9. The Morgan fingerprint density at radius 3 is 2.66 bits per heavy atom. The molecule has 1 aliphatic heterocycles. The minimum atomic E-state index is -0.209. The van der Waals surface area contributed by atoms with Gasteiger partial charge in [0.2, 0.25) is 11.8 Å². The van der Waals surface area contributed by atoms with E-state index in [2.05, 4.69) is 20.3 Å². The van der Waals surface area contributed by atoms with Gasteiger partial charge in [0.1, 0.15) is 12.6 Å². The average Bonchev–Trinajstić information content (AvgIpc) is 3.37. The third kappa shape index (κ3) is 4.07. The summed E-state index contributed by atoms with van der Waals surface area (Å²) in [4.78, 5) is 31.4. The molecule has 0 radical (unpaired) electrons. The van der Waals surface area contributed by atoms with Gasteiger partial charge in [0.05, 0.1) is 17.2 Å². The highest BCUT2D eigenvalue weighted by Crippen LogP contribution is 2.18. The zero-order valence-electron chi connectivity index (χ0n) is 17.2. The third-order valence-corrected chi connectivity index (χ3v) is 5.48. The van der Waals surface area contributed by atoms with Crippen molar-refractivity contribution in [3.8, 4) is 11.7 Å². The Morgan fingerprint density at radius 1 is 1.06 bits per heavy atom. The summed E-state index contributed by atoms with van der Waals surface area (Å²) in [5.74, 6) is 0.951. The molecule has 0 unspecified atom stereocenters. The fourth-order valence-corrected chi connectivity index (χ4v) is 3.76. The summed E-state index contributed by atoms with van der Waals surface area (Å²) in [7, 11) is 0. The van der Waals surface area contributed by atoms with Gasteiger partial charge in [0.25, 0.3) is 5.56 Å². The van der Waals surface area contributed by atoms with E-state index in [1.54, 1.807) is 52.3 Å². The Balaban J connectivity index is 1.16. The number of aromatic nitrogens is 6. The first-order chi connectivity index (χ1) is 15.7. The molecule has 1 fully saturated rings. The van der Waals surface area contributed by atoms with Crippen LogP contribution in [-0.2, 0) is 11.3 Å². The first-order valence-electron chi connectivity index (χ1n) is 10.4. The molecule has 1 aliphatic rings. The molecule has 1 saturated heterocycles. The van der Waals surface area contributed by atoms with Crippen molar-refractivity contribution in [1.82, 2.24) is 34.4 Å². The van der Waals surface area contributed by atoms with E-state index in [0.29, 0.717) is 48.5 Å². The van der Waals surface area contributed by atoms with Crippen molar-refractivity contribution >= 4 is 16.8 Å². The maximum Gasteiger partial charge on any atom is 0.261 e. The van der Waals surface area contributed by atoms with Gasteiger partial charge < -0.3 is 9.64 Å². The Hall–Kier alpha value is -4.08. The average molecular weight is 431 g/mol. The number of piperidine rings is 1. The van der Waals surface area contributed by atoms with Crippen LogP contribution in [0.3, 0.4) is 0 Å². The molecule has 0 bridgehead atoms. The van der Waals surface area contributed by atoms with Gasteiger partial charge in [0, 0.05) is 44.4 Å². The molecular formula is C22H21N7O3. The van der Waals surface area contributed by atoms with E-state index >= 15 is 0 Å². The molecule has 0 spiro atoms. The number of fused-ring (bicyclic) bond motifs is 1. The van der Waals surface area contributed by atoms with Gasteiger partial charge in [-0.25, -0.2) is 9.67 Å². The second-order valence-corrected chi connectivity index (χ2v) is 7.57. The number of rotatable bonds is 5. The number of ether oxygens (including phenoxy) is 1. The lowest BCUT2D eigenvalue weighted by atomic mass is 10.1. The number of amides is 1. The monoisotopic (exact) mass is 431 g/mol. The molecule has 10 heteroatoms. The number of likely N-dealkylation sites (tertiary alicyclic amines) is 1. The van der Waals surface area contributed by atoms with E-state index in [1.165, 1.54) is 10.9 Å². The van der Waals surface area contributed by atoms with Crippen molar-refractivity contribution in [1.29, 1.82) is 0 Å². The highest BCUT2D eigenvalue weighted by Gasteiger charge is 2.25. The molecule has 5 rings (SSSR count). The lowest BCUT2D eigenvalue weighted by Crippen LogP contribution is -2.44. The molecule has 4 heterocycles. The standard InChI is InChI=1S/C22H21N7O3/c30-21(14-28-15-23-18-5-2-1-4-17(18)22(28)31)27-12-8-16(9-13-27)32-20-7-6-19(25-26-20)29-11-3-10-24-29/h1-7,10-11,15-16H,8-9,12-14H2. The van der Waals surface area contributed by atoms with Crippen LogP contribution in [0.4, 0.5) is 0 Å². The molecule has 0 aliphatic carbocycles. The summed E-state index contributed by atoms with van der Waals surface area (Å²) in [6.45, 7) is 1.08. The van der Waals surface area contributed by atoms with Gasteiger partial charge in [-0.3, -0.25) is 14.2 Å². The summed E-state index contributed by atoms with van der Waals surface area (Å²) in [5, 5.41) is 12.9. The number of hydrogen-bond donors (Lipinski definition) is 0. The molecule has 0 N–H and O–H groups in total. The van der Waals surface area contributed by atoms with Crippen LogP contribution in [0.5, 0.6) is 5.88 Å². The van der Waals surface area contributed by atoms with Gasteiger partial charge in [-0.05, 0) is 24.3 Å². The van der Waals surface area contributed by atoms with Gasteiger partial charge in [-0.1, -0.05) is 12.1 Å². The molecule has 1 aromatic carbocycles. The number of para-hydroxylation sites is 1. The van der Waals surface area contributed by atoms with E-state index in [1.807, 2.05) is 12.1 Å². The summed E-state index contributed by atoms with van der Waals surface area (Å²) in [5.41, 5.74) is 0.416. The molecule has 1 amide bonds. The van der Waals surface area contributed by atoms with Crippen LogP contribution in [0.1, 0.15) is 12.8 Å². The van der Waals surface area contributed by atoms with Crippen molar-refractivity contribution in [3.63, 3.8) is 0 Å². The van der Waals surface area contributed by atoms with Crippen LogP contribution in [0, 0.1) is 0 Å². The molecule has 3 aromatic heterocycles. The van der Waals surface area contributed by atoms with Gasteiger partial charge in [-0.15, -0.1) is 10.2 Å². The molecule has 10 nitrogen and oxygen atoms in total. The number of carbonyl (C=O) groups excluding carboxylic acids is 1. The molecule has 0 atom stereocenters. The second kappa shape index (κ2) is 8.58. The summed E-state index contributed by atoms with van der Waals surface area (Å²) in [6.07, 6.45) is 6.21. The molecule has 0 saturated carbocycles. The van der Waals surface area contributed by atoms with Crippen LogP contribution in [0.15, 0.2) is 66.0 Å². The van der Waals surface area contributed by atoms with Crippen molar-refractivity contribution < 1.29 is 9.53 Å². The van der Waals surface area contributed by atoms with Crippen molar-refractivity contribution in [2.24, 2.45) is 0 Å². The van der Waals surface area contributed by atoms with Crippen LogP contribution in [0.25, 0.3) is 16.7 Å². The smallest absolute Gasteiger partial charge is 0.261 e. The Bertz CT molecular complexity index is 1280. The topological polar surface area (TPSA) is 108 Å². The van der Waals surface area contributed by atoms with E-state index in [9.17, 15) is 9.59 Å². The van der Waals surface area contributed by atoms with Gasteiger partial charge >= 0.3 is 0 Å². The van der Waals surface area contributed by atoms with Crippen LogP contribution in [0.2, 0.25) is 0 Å². The number of nitrogens with zero attached hydrogens (tertiary/aromatic N) is 7. The fourth-order valence-electron chi connectivity index (χ4n) is 3.76. The maximum absolute atomic E-state index is 12.7. The lowest BCUT2D eigenvalue weighted by molar-refractivity contribution is -0.133. The predicted octanol–water partition coefficient (Wildman–Crippen LogP) is 1.44. The predicted molar refractivity (Wildman–Crippen MR) is 115 cm³/mol. The summed E-state index contributed by atoms with van der Waals surface area (Å²) in [6, 6.07) is 12.5. The zero-order valence-corrected chi connectivity index (χ0v) is 17.2. The van der Waals surface area contributed by atoms with E-state index < -0.39 is 0 Å². The van der Waals surface area contributed by atoms with Crippen molar-refractivity contribution in [2.45, 2.75) is 25.5 Å². The Morgan fingerprint density at radius 2 is 1.91 bits per heavy atom. The molecular weight excluding hydrogens is 410 g/mol. The minimum absolute atomic E-state index is 0.0252. The normalized spacial score (nSPS) is 14.6. The second-order valence-electron chi connectivity index (χ2n) is 7.57. The maximum atomic E-state index is 12.7. The third-order valence-electron chi connectivity index (χ3n) is 5.48. The molecule has 32 heavy (non-hydrogen) atoms. The zero-order chi connectivity index (χ0) is 21.9. The summed E-state index contributed by atoms with van der Waals surface area (Å²) >= 11 is 0. The van der Waals surface area contributed by atoms with E-state index in [4.69, 9.17) is 4.74 Å². The van der Waals surface area contributed by atoms with Gasteiger partial charge in [0.15, 0.2) is 5.82 Å². The Labute approximate surface area is 183 Å². The molecule has 162 valence electrons. The highest BCUT2D eigenvalue weighted by molar-refractivity contribution is 5.79. The quantitative estimate of drug-likeness (QED) is 0.470. The number of hydrogen-bond acceptors (Lipinski definition) is 7. The minimum Gasteiger partial charge on any atom is -0.473 e. The van der Waals surface area contributed by atoms with Gasteiger partial charge in [-0.2, -0.15) is 5.10 Å². The number of benzene rings is 1. The Kier molecular flexibility index (Phi) is 5.32. The van der Waals surface area contributed by atoms with Crippen LogP contribution < -0.4 is 10.3 Å². The lowest BCUT2D eigenvalue weighted by Gasteiger charge is -2.32. The SMILES string of the molecule is O=C(Cn1cnc2ccccc2c1=O)N1CCC(Oc2ccc(-n3cccn3)nn2)CC1. The van der Waals surface area contributed by atoms with Crippen molar-refractivity contribution in [2.75, 3.05) is 13.1 Å². The molecule has 4 aromatic rings. The van der Waals surface area contributed by atoms with E-state index in [-0.39, 0.29) is 24.1 Å². The number of carbonyl (C=O) groups is 1. The first-order valence-corrected chi connectivity index (χ1v) is 10.4. The largest absolute Gasteiger partial charge is 0.473 e. The summed E-state index contributed by atoms with van der Waals surface area (Å²) < 4.78 is 8.92. The van der Waals surface area contributed by atoms with Crippen LogP contribution in [-0.4, -0.2) is 59.5 Å². The van der Waals surface area contributed by atoms with Crippen LogP contribution >= 0.6 is 0 Å². The van der Waals surface area contributed by atoms with Crippen molar-refractivity contribution in [3.05, 3.63) is 71.5 Å². The highest BCUT2D eigenvalue weighted by atomic mass is 16.5.